The molecule has 0 aromatic carbocycles. The van der Waals surface area contributed by atoms with Crippen LogP contribution in [0.25, 0.3) is 0 Å². The molecule has 0 saturated heterocycles. The third kappa shape index (κ3) is 2100000. The third-order valence-corrected chi connectivity index (χ3v) is 0.358. The quantitative estimate of drug-likeness (QED) is 0.282. The zero-order chi connectivity index (χ0) is 15.7. The molecule has 0 atom stereocenters. The number of carboxylic acids is 1. The van der Waals surface area contributed by atoms with Gasteiger partial charge in [0.15, 0.2) is 0 Å². The summed E-state index contributed by atoms with van der Waals surface area (Å²) in [4.78, 5) is 34.6. The Bertz CT molecular complexity index is 212. The zero-order valence-corrected chi connectivity index (χ0v) is 8.48. The maximum Gasteiger partial charge on any atom is 0.304 e. The van der Waals surface area contributed by atoms with Crippen LogP contribution in [-0.4, -0.2) is 48.5 Å². The van der Waals surface area contributed by atoms with Gasteiger partial charge in [-0.15, -0.1) is 30.3 Å². The van der Waals surface area contributed by atoms with Crippen LogP contribution in [0.2, 0.25) is 0 Å². The number of aliphatic carboxylic acids is 1. The van der Waals surface area contributed by atoms with Crippen molar-refractivity contribution in [2.45, 2.75) is 6.42 Å². The van der Waals surface area contributed by atoms with Gasteiger partial charge in [0.05, 0.1) is 6.42 Å². The van der Waals surface area contributed by atoms with Crippen LogP contribution in [0.1, 0.15) is 6.42 Å². The van der Waals surface area contributed by atoms with Gasteiger partial charge in [0.2, 0.25) is 0 Å². The van der Waals surface area contributed by atoms with E-state index in [1.807, 2.05) is 0 Å². The molecule has 6 N–H and O–H groups in total. The molecule has 0 amide bonds. The minimum Gasteiger partial charge on any atom is -0.481 e. The number of nitrogens with two attached hydrogens (primary N) is 1. The summed E-state index contributed by atoms with van der Waals surface area (Å²) >= 11 is 0. The molecule has 18 heavy (non-hydrogen) atoms. The molecule has 0 rings (SSSR count). The van der Waals surface area contributed by atoms with Crippen molar-refractivity contribution in [2.75, 3.05) is 6.54 Å². The minimum atomic E-state index is -1.50. The first-order chi connectivity index (χ1) is 7.97. The van der Waals surface area contributed by atoms with E-state index in [9.17, 15) is 4.79 Å². The molecule has 0 fully saturated rings. The monoisotopic (exact) mass is 278 g/mol. The van der Waals surface area contributed by atoms with E-state index in [-0.39, 0.29) is 13.0 Å². The summed E-state index contributed by atoms with van der Waals surface area (Å²) in [5.74, 6) is -0.836. The number of nitrogens with zero attached hydrogens (tertiary/aromatic N) is 3. The lowest BCUT2D eigenvalue weighted by atomic mass is 10.5. The fourth-order valence-electron chi connectivity index (χ4n) is 0.123. The highest BCUT2D eigenvalue weighted by Crippen LogP contribution is 1.67. The van der Waals surface area contributed by atoms with E-state index < -0.39 is 21.2 Å². The van der Waals surface area contributed by atoms with Gasteiger partial charge in [0.25, 0.3) is 15.3 Å². The maximum absolute atomic E-state index is 9.52. The number of hydrogen-bond acceptors (Lipinski definition) is 8. The highest BCUT2D eigenvalue weighted by Gasteiger charge is 1.87. The number of carbonyl (C=O) groups is 1. The van der Waals surface area contributed by atoms with Gasteiger partial charge in [-0.3, -0.25) is 4.79 Å². The van der Waals surface area contributed by atoms with Crippen molar-refractivity contribution >= 4 is 5.97 Å². The fourth-order valence-corrected chi connectivity index (χ4v) is 0.123. The molecular weight excluding hydrogens is 268 g/mol. The Morgan fingerprint density at radius 2 is 1.11 bits per heavy atom. The van der Waals surface area contributed by atoms with E-state index in [1.54, 1.807) is 0 Å². The number of rotatable bonds is 2. The van der Waals surface area contributed by atoms with E-state index in [1.165, 1.54) is 0 Å². The van der Waals surface area contributed by atoms with Crippen molar-refractivity contribution in [3.05, 3.63) is 30.3 Å². The fraction of sp³-hybridized carbons (Fsp3) is 0.667. The third-order valence-electron chi connectivity index (χ3n) is 0.358. The predicted octanol–water partition coefficient (Wildman–Crippen LogP) is -1.62. The van der Waals surface area contributed by atoms with E-state index in [4.69, 9.17) is 56.8 Å². The molecule has 0 aliphatic rings. The summed E-state index contributed by atoms with van der Waals surface area (Å²) in [5, 5.41) is 48.8. The van der Waals surface area contributed by atoms with Crippen molar-refractivity contribution < 1.29 is 40.8 Å². The number of hydrogen-bond donors (Lipinski definition) is 5. The van der Waals surface area contributed by atoms with Gasteiger partial charge < -0.3 is 26.5 Å². The van der Waals surface area contributed by atoms with Gasteiger partial charge in [-0.25, -0.2) is 0 Å². The van der Waals surface area contributed by atoms with Crippen LogP contribution in [0.15, 0.2) is 0 Å². The summed E-state index contributed by atoms with van der Waals surface area (Å²) in [5.41, 5.74) is 4.85. The highest BCUT2D eigenvalue weighted by atomic mass is 16.9. The molecule has 108 valence electrons. The van der Waals surface area contributed by atoms with Gasteiger partial charge in [-0.2, -0.15) is 0 Å². The largest absolute Gasteiger partial charge is 0.481 e. The van der Waals surface area contributed by atoms with Crippen LogP contribution in [0.4, 0.5) is 0 Å². The molecular formula is C3H10N4O11. The van der Waals surface area contributed by atoms with Crippen LogP contribution in [0, 0.1) is 30.3 Å². The van der Waals surface area contributed by atoms with Crippen LogP contribution < -0.4 is 5.73 Å². The first kappa shape index (κ1) is 24.3. The van der Waals surface area contributed by atoms with Crippen LogP contribution >= 0.6 is 0 Å². The van der Waals surface area contributed by atoms with Crippen molar-refractivity contribution in [1.29, 1.82) is 0 Å². The topological polar surface area (TPSA) is 253 Å². The highest BCUT2D eigenvalue weighted by molar-refractivity contribution is 5.66. The Morgan fingerprint density at radius 3 is 1.11 bits per heavy atom. The predicted molar refractivity (Wildman–Crippen MR) is 47.6 cm³/mol. The zero-order valence-electron chi connectivity index (χ0n) is 8.48. The molecule has 0 aliphatic carbocycles. The first-order valence-electron chi connectivity index (χ1n) is 3.38. The van der Waals surface area contributed by atoms with Crippen molar-refractivity contribution in [2.24, 2.45) is 5.73 Å². The molecule has 0 heterocycles. The molecule has 0 unspecified atom stereocenters. The Kier molecular flexibility index (Phi) is 26.5. The summed E-state index contributed by atoms with van der Waals surface area (Å²) in [7, 11) is 0. The van der Waals surface area contributed by atoms with E-state index in [0.29, 0.717) is 0 Å². The molecule has 0 bridgehead atoms. The van der Waals surface area contributed by atoms with Crippen LogP contribution in [0.3, 0.4) is 0 Å². The smallest absolute Gasteiger partial charge is 0.304 e. The normalized spacial score (nSPS) is 6.72. The van der Waals surface area contributed by atoms with Crippen LogP contribution in [0.5, 0.6) is 0 Å². The van der Waals surface area contributed by atoms with E-state index >= 15 is 0 Å². The lowest BCUT2D eigenvalue weighted by molar-refractivity contribution is -0.742. The molecule has 0 aliphatic heterocycles. The molecule has 0 saturated carbocycles. The Morgan fingerprint density at radius 1 is 0.944 bits per heavy atom. The standard InChI is InChI=1S/C3H7NO2.3HNO3/c4-2-1-3(5)6;3*2-1(3)4/h1-2,4H2,(H,5,6);3*(H,2,3,4). The lowest BCUT2D eigenvalue weighted by Gasteiger charge is -1.80. The molecule has 15 heteroatoms. The van der Waals surface area contributed by atoms with Gasteiger partial charge in [0, 0.05) is 6.54 Å². The lowest BCUT2D eigenvalue weighted by Crippen LogP contribution is -2.05. The Hall–Kier alpha value is -2.97. The second-order valence-electron chi connectivity index (χ2n) is 1.65. The van der Waals surface area contributed by atoms with Gasteiger partial charge in [-0.1, -0.05) is 0 Å². The van der Waals surface area contributed by atoms with E-state index in [2.05, 4.69) is 0 Å². The minimum absolute atomic E-state index is 0.0694. The van der Waals surface area contributed by atoms with Crippen molar-refractivity contribution in [3.8, 4) is 0 Å². The average molecular weight is 278 g/mol. The molecule has 0 spiro atoms. The molecule has 0 aromatic rings. The van der Waals surface area contributed by atoms with Crippen molar-refractivity contribution in [1.82, 2.24) is 0 Å². The summed E-state index contributed by atoms with van der Waals surface area (Å²) in [6, 6.07) is 0. The molecule has 15 nitrogen and oxygen atoms in total. The van der Waals surface area contributed by atoms with Gasteiger partial charge in [0.1, 0.15) is 0 Å². The van der Waals surface area contributed by atoms with Crippen molar-refractivity contribution in [3.63, 3.8) is 0 Å². The summed E-state index contributed by atoms with van der Waals surface area (Å²) in [6.07, 6.45) is 0.0694. The molecule has 0 aromatic heterocycles. The van der Waals surface area contributed by atoms with Gasteiger partial charge in [-0.05, 0) is 0 Å². The summed E-state index contributed by atoms with van der Waals surface area (Å²) < 4.78 is 0. The SMILES string of the molecule is NCCC(=O)O.O=[N+]([O-])O.O=[N+]([O-])O.O=[N+]([O-])O. The molecule has 0 radical (unpaired) electrons. The maximum atomic E-state index is 9.52. The first-order valence-corrected chi connectivity index (χ1v) is 3.38. The van der Waals surface area contributed by atoms with Gasteiger partial charge >= 0.3 is 5.97 Å². The Labute approximate surface area is 97.0 Å². The second kappa shape index (κ2) is 19.6. The van der Waals surface area contributed by atoms with E-state index in [0.717, 1.165) is 0 Å². The van der Waals surface area contributed by atoms with Crippen LogP contribution in [-0.2, 0) is 4.79 Å². The summed E-state index contributed by atoms with van der Waals surface area (Å²) in [6.45, 7) is 0.231. The average Bonchev–Trinajstić information content (AvgIpc) is 1.98. The second-order valence-corrected chi connectivity index (χ2v) is 1.65. The number of carboxylic acid groups (broad SMARTS) is 1. The Balaban J connectivity index is -0.0000000742.